The maximum absolute atomic E-state index is 15.8. The number of likely N-dealkylation sites (tertiary alicyclic amines) is 1. The van der Waals surface area contributed by atoms with Crippen molar-refractivity contribution in [2.24, 2.45) is 5.41 Å². The molecule has 0 aliphatic carbocycles. The van der Waals surface area contributed by atoms with Crippen LogP contribution in [0.15, 0.2) is 84.9 Å². The van der Waals surface area contributed by atoms with Crippen LogP contribution in [0.2, 0.25) is 0 Å². The molecule has 0 saturated carbocycles. The fourth-order valence-electron chi connectivity index (χ4n) is 6.01. The predicted molar refractivity (Wildman–Crippen MR) is 173 cm³/mol. The number of carbonyl (C=O) groups is 1. The molecule has 0 radical (unpaired) electrons. The van der Waals surface area contributed by atoms with Gasteiger partial charge in [0, 0.05) is 43.3 Å². The lowest BCUT2D eigenvalue weighted by atomic mass is 9.72. The Hall–Kier alpha value is -4.66. The molecular weight excluding hydrogens is 588 g/mol. The molecule has 2 saturated heterocycles. The van der Waals surface area contributed by atoms with Crippen LogP contribution < -0.4 is 14.4 Å². The van der Waals surface area contributed by atoms with Gasteiger partial charge < -0.3 is 24.0 Å². The average Bonchev–Trinajstić information content (AvgIpc) is 3.02. The minimum absolute atomic E-state index is 0.0160. The number of rotatable bonds is 8. The highest BCUT2D eigenvalue weighted by atomic mass is 19.1. The molecule has 0 bridgehead atoms. The van der Waals surface area contributed by atoms with Crippen molar-refractivity contribution in [1.82, 2.24) is 9.88 Å². The molecule has 1 amide bonds. The third-order valence-electron chi connectivity index (χ3n) is 8.47. The van der Waals surface area contributed by atoms with E-state index in [9.17, 15) is 4.79 Å². The SMILES string of the molecule is CC(C)(C)OC(=O)N1CCC2(CC1)CN(c1cc(F)c(-c3ccc(OCc4ccccc4)nc3OCc3ccccc3)c(F)c1)C2. The Morgan fingerprint density at radius 3 is 1.96 bits per heavy atom. The van der Waals surface area contributed by atoms with E-state index >= 15 is 8.78 Å². The van der Waals surface area contributed by atoms with Gasteiger partial charge in [-0.25, -0.2) is 13.6 Å². The molecule has 1 spiro atoms. The Labute approximate surface area is 268 Å². The quantitative estimate of drug-likeness (QED) is 0.197. The molecule has 2 fully saturated rings. The second-order valence-corrected chi connectivity index (χ2v) is 13.2. The second-order valence-electron chi connectivity index (χ2n) is 13.2. The normalized spacial score (nSPS) is 15.8. The van der Waals surface area contributed by atoms with E-state index in [4.69, 9.17) is 14.2 Å². The summed E-state index contributed by atoms with van der Waals surface area (Å²) >= 11 is 0. The van der Waals surface area contributed by atoms with Gasteiger partial charge >= 0.3 is 6.09 Å². The van der Waals surface area contributed by atoms with Crippen LogP contribution in [0.1, 0.15) is 44.7 Å². The van der Waals surface area contributed by atoms with Gasteiger partial charge in [-0.3, -0.25) is 0 Å². The molecule has 240 valence electrons. The monoisotopic (exact) mass is 627 g/mol. The molecule has 7 nitrogen and oxygen atoms in total. The summed E-state index contributed by atoms with van der Waals surface area (Å²) < 4.78 is 49.1. The Balaban J connectivity index is 1.17. The molecule has 6 rings (SSSR count). The summed E-state index contributed by atoms with van der Waals surface area (Å²) in [6, 6.07) is 25.1. The van der Waals surface area contributed by atoms with E-state index in [0.717, 1.165) is 24.0 Å². The zero-order valence-corrected chi connectivity index (χ0v) is 26.5. The van der Waals surface area contributed by atoms with Crippen LogP contribution in [0.5, 0.6) is 11.8 Å². The fourth-order valence-corrected chi connectivity index (χ4v) is 6.01. The summed E-state index contributed by atoms with van der Waals surface area (Å²) in [5, 5.41) is 0. The number of amides is 1. The number of anilines is 1. The van der Waals surface area contributed by atoms with E-state index in [0.29, 0.717) is 38.5 Å². The number of carbonyl (C=O) groups excluding carboxylic acids is 1. The second kappa shape index (κ2) is 13.0. The lowest BCUT2D eigenvalue weighted by Gasteiger charge is -2.55. The average molecular weight is 628 g/mol. The number of nitrogens with zero attached hydrogens (tertiary/aromatic N) is 3. The van der Waals surface area contributed by atoms with Gasteiger partial charge in [-0.15, -0.1) is 0 Å². The Bertz CT molecular complexity index is 1640. The number of aromatic nitrogens is 1. The third-order valence-corrected chi connectivity index (χ3v) is 8.47. The van der Waals surface area contributed by atoms with Gasteiger partial charge in [-0.05, 0) is 62.9 Å². The van der Waals surface area contributed by atoms with Crippen LogP contribution in [0, 0.1) is 17.0 Å². The summed E-state index contributed by atoms with van der Waals surface area (Å²) in [6.45, 7) is 8.59. The van der Waals surface area contributed by atoms with E-state index in [1.807, 2.05) is 86.3 Å². The highest BCUT2D eigenvalue weighted by molar-refractivity contribution is 5.73. The largest absolute Gasteiger partial charge is 0.473 e. The zero-order valence-electron chi connectivity index (χ0n) is 26.5. The molecule has 2 aliphatic heterocycles. The number of hydrogen-bond donors (Lipinski definition) is 0. The maximum Gasteiger partial charge on any atom is 0.410 e. The van der Waals surface area contributed by atoms with Gasteiger partial charge in [0.25, 0.3) is 0 Å². The summed E-state index contributed by atoms with van der Waals surface area (Å²) in [6.07, 6.45) is 1.34. The molecule has 1 aromatic heterocycles. The molecule has 0 N–H and O–H groups in total. The van der Waals surface area contributed by atoms with Crippen LogP contribution in [0.25, 0.3) is 11.1 Å². The number of benzene rings is 3. The van der Waals surface area contributed by atoms with Crippen LogP contribution in [0.3, 0.4) is 0 Å². The zero-order chi connectivity index (χ0) is 32.3. The van der Waals surface area contributed by atoms with E-state index in [-0.39, 0.29) is 41.0 Å². The molecule has 0 atom stereocenters. The Morgan fingerprint density at radius 2 is 1.39 bits per heavy atom. The van der Waals surface area contributed by atoms with Crippen molar-refractivity contribution in [1.29, 1.82) is 0 Å². The van der Waals surface area contributed by atoms with Crippen LogP contribution in [-0.2, 0) is 18.0 Å². The van der Waals surface area contributed by atoms with Crippen molar-refractivity contribution in [2.45, 2.75) is 52.4 Å². The van der Waals surface area contributed by atoms with Gasteiger partial charge in [-0.1, -0.05) is 60.7 Å². The van der Waals surface area contributed by atoms with Gasteiger partial charge in [0.1, 0.15) is 30.4 Å². The Morgan fingerprint density at radius 1 is 0.826 bits per heavy atom. The highest BCUT2D eigenvalue weighted by Crippen LogP contribution is 2.44. The summed E-state index contributed by atoms with van der Waals surface area (Å²) in [5.74, 6) is -1.02. The fraction of sp³-hybridized carbons (Fsp3) is 0.351. The third kappa shape index (κ3) is 7.25. The van der Waals surface area contributed by atoms with Crippen molar-refractivity contribution in [3.05, 3.63) is 108 Å². The summed E-state index contributed by atoms with van der Waals surface area (Å²) in [5.41, 5.74) is 1.83. The molecule has 3 heterocycles. The minimum atomic E-state index is -0.694. The number of halogens is 2. The lowest BCUT2D eigenvalue weighted by Crippen LogP contribution is -2.61. The van der Waals surface area contributed by atoms with Gasteiger partial charge in [0.05, 0.1) is 11.1 Å². The molecule has 3 aromatic carbocycles. The standard InChI is InChI=1S/C37H39F2N3O4/c1-36(2,3)46-35(43)41-18-16-37(17-19-41)24-42(25-37)28-20-30(38)33(31(39)21-28)29-14-15-32(44-22-26-10-6-4-7-11-26)40-34(29)45-23-27-12-8-5-9-13-27/h4-15,20-21H,16-19,22-25H2,1-3H3. The van der Waals surface area contributed by atoms with Crippen LogP contribution in [0.4, 0.5) is 19.3 Å². The van der Waals surface area contributed by atoms with Crippen molar-refractivity contribution >= 4 is 11.8 Å². The number of hydrogen-bond acceptors (Lipinski definition) is 6. The first-order chi connectivity index (χ1) is 22.1. The molecule has 9 heteroatoms. The molecule has 46 heavy (non-hydrogen) atoms. The smallest absolute Gasteiger partial charge is 0.410 e. The van der Waals surface area contributed by atoms with E-state index in [1.54, 1.807) is 17.0 Å². The van der Waals surface area contributed by atoms with Crippen LogP contribution >= 0.6 is 0 Å². The van der Waals surface area contributed by atoms with E-state index < -0.39 is 17.2 Å². The summed E-state index contributed by atoms with van der Waals surface area (Å²) in [4.78, 5) is 20.7. The lowest BCUT2D eigenvalue weighted by molar-refractivity contribution is 0.00596. The summed E-state index contributed by atoms with van der Waals surface area (Å²) in [7, 11) is 0. The van der Waals surface area contributed by atoms with Crippen molar-refractivity contribution < 1.29 is 27.8 Å². The minimum Gasteiger partial charge on any atom is -0.473 e. The molecule has 2 aliphatic rings. The van der Waals surface area contributed by atoms with Crippen molar-refractivity contribution in [3.8, 4) is 22.9 Å². The molecule has 0 unspecified atom stereocenters. The maximum atomic E-state index is 15.8. The van der Waals surface area contributed by atoms with Crippen molar-refractivity contribution in [2.75, 3.05) is 31.1 Å². The van der Waals surface area contributed by atoms with E-state index in [2.05, 4.69) is 4.98 Å². The van der Waals surface area contributed by atoms with Crippen molar-refractivity contribution in [3.63, 3.8) is 0 Å². The number of piperidine rings is 1. The topological polar surface area (TPSA) is 64.1 Å². The van der Waals surface area contributed by atoms with Gasteiger partial charge in [0.2, 0.25) is 11.8 Å². The predicted octanol–water partition coefficient (Wildman–Crippen LogP) is 8.02. The first-order valence-electron chi connectivity index (χ1n) is 15.6. The highest BCUT2D eigenvalue weighted by Gasteiger charge is 2.46. The Kier molecular flexibility index (Phi) is 8.84. The number of pyridine rings is 1. The van der Waals surface area contributed by atoms with E-state index in [1.165, 1.54) is 12.1 Å². The van der Waals surface area contributed by atoms with Gasteiger partial charge in [0.15, 0.2) is 0 Å². The van der Waals surface area contributed by atoms with Crippen LogP contribution in [-0.4, -0.2) is 47.8 Å². The first-order valence-corrected chi connectivity index (χ1v) is 15.6. The molecular formula is C37H39F2N3O4. The van der Waals surface area contributed by atoms with Gasteiger partial charge in [-0.2, -0.15) is 4.98 Å². The first kappa shape index (κ1) is 31.3. The number of ether oxygens (including phenoxy) is 3. The molecule has 4 aromatic rings.